The smallest absolute Gasteiger partial charge is 0.314 e. The van der Waals surface area contributed by atoms with Crippen LogP contribution in [0.15, 0.2) is 24.3 Å². The Kier molecular flexibility index (Phi) is 6.28. The number of hydrogen-bond acceptors (Lipinski definition) is 6. The van der Waals surface area contributed by atoms with E-state index in [-0.39, 0.29) is 23.9 Å². The average molecular weight is 424 g/mol. The van der Waals surface area contributed by atoms with E-state index in [0.29, 0.717) is 36.6 Å². The third-order valence-electron chi connectivity index (χ3n) is 4.25. The molecule has 2 amide bonds. The molecule has 0 unspecified atom stereocenters. The molecule has 29 heavy (non-hydrogen) atoms. The van der Waals surface area contributed by atoms with Crippen LogP contribution in [0.2, 0.25) is 0 Å². The van der Waals surface area contributed by atoms with Crippen molar-refractivity contribution in [1.82, 2.24) is 15.1 Å². The molecule has 2 N–H and O–H groups in total. The summed E-state index contributed by atoms with van der Waals surface area (Å²) in [4.78, 5) is 24.4. The van der Waals surface area contributed by atoms with Crippen molar-refractivity contribution in [3.05, 3.63) is 41.3 Å². The summed E-state index contributed by atoms with van der Waals surface area (Å²) in [5.41, 5.74) is 1.04. The van der Waals surface area contributed by atoms with Crippen molar-refractivity contribution >= 4 is 27.5 Å². The third-order valence-corrected chi connectivity index (χ3v) is 5.69. The van der Waals surface area contributed by atoms with Crippen molar-refractivity contribution in [3.8, 4) is 5.69 Å². The summed E-state index contributed by atoms with van der Waals surface area (Å²) < 4.78 is 43.6. The van der Waals surface area contributed by atoms with Crippen molar-refractivity contribution in [2.45, 2.75) is 24.9 Å². The van der Waals surface area contributed by atoms with E-state index in [0.717, 1.165) is 0 Å². The van der Waals surface area contributed by atoms with E-state index in [1.165, 1.54) is 28.9 Å². The molecule has 0 radical (unpaired) electrons. The summed E-state index contributed by atoms with van der Waals surface area (Å²) in [7, 11) is -3.37. The molecule has 1 aliphatic heterocycles. The van der Waals surface area contributed by atoms with Gasteiger partial charge in [-0.15, -0.1) is 0 Å². The summed E-state index contributed by atoms with van der Waals surface area (Å²) in [5, 5.41) is 9.18. The lowest BCUT2D eigenvalue weighted by atomic mass is 10.2. The molecule has 0 saturated carbocycles. The number of carbonyl (C=O) groups excluding carboxylic acids is 2. The van der Waals surface area contributed by atoms with Gasteiger partial charge in [-0.1, -0.05) is 0 Å². The van der Waals surface area contributed by atoms with Gasteiger partial charge in [0.15, 0.2) is 9.84 Å². The van der Waals surface area contributed by atoms with Crippen molar-refractivity contribution in [1.29, 1.82) is 0 Å². The van der Waals surface area contributed by atoms with E-state index in [9.17, 15) is 22.4 Å². The van der Waals surface area contributed by atoms with Gasteiger partial charge in [-0.25, -0.2) is 17.5 Å². The molecule has 0 bridgehead atoms. The van der Waals surface area contributed by atoms with Crippen molar-refractivity contribution in [3.63, 3.8) is 0 Å². The van der Waals surface area contributed by atoms with Crippen LogP contribution in [0.1, 0.15) is 24.6 Å². The molecule has 0 fully saturated rings. The maximum absolute atomic E-state index is 13.2. The summed E-state index contributed by atoms with van der Waals surface area (Å²) >= 11 is 0. The maximum atomic E-state index is 13.2. The fourth-order valence-corrected chi connectivity index (χ4v) is 4.40. The largest absolute Gasteiger partial charge is 0.382 e. The number of hydrogen-bond donors (Lipinski definition) is 2. The highest BCUT2D eigenvalue weighted by Gasteiger charge is 2.33. The minimum absolute atomic E-state index is 0.0853. The van der Waals surface area contributed by atoms with Gasteiger partial charge < -0.3 is 15.4 Å². The summed E-state index contributed by atoms with van der Waals surface area (Å²) in [6, 6.07) is 5.32. The minimum atomic E-state index is -3.37. The predicted octanol–water partition coefficient (Wildman–Crippen LogP) is 0.921. The first-order valence-electron chi connectivity index (χ1n) is 9.05. The van der Waals surface area contributed by atoms with Crippen LogP contribution in [0.4, 0.5) is 10.2 Å². The molecule has 2 aromatic rings. The molecule has 1 aromatic carbocycles. The Labute approximate surface area is 167 Å². The van der Waals surface area contributed by atoms with Gasteiger partial charge in [0, 0.05) is 25.3 Å². The fraction of sp³-hybridized carbons (Fsp3) is 0.389. The van der Waals surface area contributed by atoms with Crippen LogP contribution >= 0.6 is 0 Å². The molecule has 2 heterocycles. The Morgan fingerprint density at radius 3 is 2.62 bits per heavy atom. The van der Waals surface area contributed by atoms with Crippen molar-refractivity contribution < 1.29 is 27.1 Å². The number of nitrogens with zero attached hydrogens (tertiary/aromatic N) is 2. The molecule has 0 aliphatic carbocycles. The predicted molar refractivity (Wildman–Crippen MR) is 103 cm³/mol. The Balaban J connectivity index is 1.79. The zero-order chi connectivity index (χ0) is 21.0. The van der Waals surface area contributed by atoms with Crippen LogP contribution in [-0.4, -0.2) is 49.8 Å². The lowest BCUT2D eigenvalue weighted by Crippen LogP contribution is -2.36. The molecule has 1 aliphatic rings. The normalized spacial score (nSPS) is 14.4. The number of benzene rings is 1. The Bertz CT molecular complexity index is 1020. The molecule has 11 heteroatoms. The molecular formula is C18H21FN4O5S. The first kappa shape index (κ1) is 20.9. The monoisotopic (exact) mass is 424 g/mol. The second-order valence-corrected chi connectivity index (χ2v) is 8.52. The summed E-state index contributed by atoms with van der Waals surface area (Å²) in [6.07, 6.45) is 0.550. The van der Waals surface area contributed by atoms with Gasteiger partial charge in [-0.3, -0.25) is 9.59 Å². The quantitative estimate of drug-likeness (QED) is 0.504. The molecule has 3 rings (SSSR count). The van der Waals surface area contributed by atoms with E-state index >= 15 is 0 Å². The summed E-state index contributed by atoms with van der Waals surface area (Å²) in [5.74, 6) is -2.73. The Hall–Kier alpha value is -2.79. The van der Waals surface area contributed by atoms with E-state index < -0.39 is 27.5 Å². The Morgan fingerprint density at radius 2 is 1.93 bits per heavy atom. The zero-order valence-electron chi connectivity index (χ0n) is 15.8. The molecular weight excluding hydrogens is 403 g/mol. The molecule has 0 spiro atoms. The third kappa shape index (κ3) is 4.98. The number of anilines is 1. The van der Waals surface area contributed by atoms with Gasteiger partial charge in [-0.2, -0.15) is 5.10 Å². The highest BCUT2D eigenvalue weighted by Crippen LogP contribution is 2.32. The summed E-state index contributed by atoms with van der Waals surface area (Å²) in [6.45, 7) is 3.14. The van der Waals surface area contributed by atoms with E-state index in [1.54, 1.807) is 0 Å². The van der Waals surface area contributed by atoms with Gasteiger partial charge in [0.05, 0.1) is 22.9 Å². The van der Waals surface area contributed by atoms with Crippen molar-refractivity contribution in [2.24, 2.45) is 0 Å². The standard InChI is InChI=1S/C18H21FN4O5S/c1-2-28-9-3-8-20-17(24)18(25)21-16-14-10-29(26,27)11-15(14)22-23(16)13-6-4-12(19)5-7-13/h4-7H,2-3,8-11H2,1H3,(H,20,24)(H,21,25). The second-order valence-electron chi connectivity index (χ2n) is 6.45. The number of fused-ring (bicyclic) bond motifs is 1. The van der Waals surface area contributed by atoms with Gasteiger partial charge >= 0.3 is 11.8 Å². The van der Waals surface area contributed by atoms with Crippen molar-refractivity contribution in [2.75, 3.05) is 25.1 Å². The molecule has 1 aromatic heterocycles. The number of ether oxygens (including phenoxy) is 1. The van der Waals surface area contributed by atoms with Crippen LogP contribution in [0.3, 0.4) is 0 Å². The lowest BCUT2D eigenvalue weighted by molar-refractivity contribution is -0.136. The topological polar surface area (TPSA) is 119 Å². The first-order chi connectivity index (χ1) is 13.8. The second kappa shape index (κ2) is 8.70. The highest BCUT2D eigenvalue weighted by molar-refractivity contribution is 7.90. The first-order valence-corrected chi connectivity index (χ1v) is 10.9. The van der Waals surface area contributed by atoms with Gasteiger partial charge in [0.25, 0.3) is 0 Å². The lowest BCUT2D eigenvalue weighted by Gasteiger charge is -2.11. The van der Waals surface area contributed by atoms with Crippen LogP contribution in [0, 0.1) is 5.82 Å². The number of aromatic nitrogens is 2. The number of sulfone groups is 1. The van der Waals surface area contributed by atoms with Crippen LogP contribution in [0.25, 0.3) is 5.69 Å². The number of halogens is 1. The van der Waals surface area contributed by atoms with Crippen LogP contribution in [-0.2, 0) is 35.7 Å². The number of amides is 2. The van der Waals surface area contributed by atoms with Gasteiger partial charge in [-0.05, 0) is 37.6 Å². The van der Waals surface area contributed by atoms with E-state index in [4.69, 9.17) is 4.74 Å². The average Bonchev–Trinajstić information content (AvgIpc) is 3.14. The number of nitrogens with one attached hydrogen (secondary N) is 2. The van der Waals surface area contributed by atoms with Crippen LogP contribution in [0.5, 0.6) is 0 Å². The molecule has 9 nitrogen and oxygen atoms in total. The number of rotatable bonds is 7. The van der Waals surface area contributed by atoms with Gasteiger partial charge in [0.2, 0.25) is 0 Å². The SMILES string of the molecule is CCOCCCNC(=O)C(=O)Nc1c2c(nn1-c1ccc(F)cc1)CS(=O)(=O)C2. The molecule has 156 valence electrons. The molecule has 0 atom stereocenters. The van der Waals surface area contributed by atoms with Crippen LogP contribution < -0.4 is 10.6 Å². The fourth-order valence-electron chi connectivity index (χ4n) is 2.91. The highest BCUT2D eigenvalue weighted by atomic mass is 32.2. The maximum Gasteiger partial charge on any atom is 0.314 e. The number of carbonyl (C=O) groups is 2. The van der Waals surface area contributed by atoms with Gasteiger partial charge in [0.1, 0.15) is 11.6 Å². The Morgan fingerprint density at radius 1 is 1.21 bits per heavy atom. The van der Waals surface area contributed by atoms with E-state index in [1.807, 2.05) is 6.92 Å². The van der Waals surface area contributed by atoms with E-state index in [2.05, 4.69) is 15.7 Å². The zero-order valence-corrected chi connectivity index (χ0v) is 16.6. The minimum Gasteiger partial charge on any atom is -0.382 e. The molecule has 0 saturated heterocycles.